The van der Waals surface area contributed by atoms with E-state index in [-0.39, 0.29) is 12.6 Å². The van der Waals surface area contributed by atoms with Gasteiger partial charge in [0.05, 0.1) is 19.3 Å². The number of ether oxygens (including phenoxy) is 1. The first-order valence-corrected chi connectivity index (χ1v) is 5.64. The molecule has 0 aromatic carbocycles. The Bertz CT molecular complexity index is 171. The quantitative estimate of drug-likeness (QED) is 0.640. The van der Waals surface area contributed by atoms with E-state index in [2.05, 4.69) is 5.32 Å². The lowest BCUT2D eigenvalue weighted by Gasteiger charge is -2.17. The monoisotopic (exact) mass is 217 g/mol. The SMILES string of the molecule is CCCCOC(=O)NC(CO)CC(C)C. The molecule has 4 heteroatoms. The van der Waals surface area contributed by atoms with Crippen LogP contribution < -0.4 is 5.32 Å². The number of carbonyl (C=O) groups is 1. The molecule has 0 aliphatic heterocycles. The second-order valence-corrected chi connectivity index (χ2v) is 4.14. The third kappa shape index (κ3) is 8.24. The van der Waals surface area contributed by atoms with E-state index in [0.717, 1.165) is 19.3 Å². The summed E-state index contributed by atoms with van der Waals surface area (Å²) in [5.74, 6) is 0.443. The summed E-state index contributed by atoms with van der Waals surface area (Å²) in [4.78, 5) is 11.2. The molecule has 0 aromatic heterocycles. The fourth-order valence-corrected chi connectivity index (χ4v) is 1.27. The maximum Gasteiger partial charge on any atom is 0.407 e. The van der Waals surface area contributed by atoms with E-state index in [9.17, 15) is 4.79 Å². The van der Waals surface area contributed by atoms with Crippen LogP contribution >= 0.6 is 0 Å². The molecule has 15 heavy (non-hydrogen) atoms. The van der Waals surface area contributed by atoms with E-state index in [4.69, 9.17) is 9.84 Å². The minimum atomic E-state index is -0.428. The maximum atomic E-state index is 11.2. The molecule has 1 unspecified atom stereocenters. The van der Waals surface area contributed by atoms with Crippen molar-refractivity contribution in [2.75, 3.05) is 13.2 Å². The number of alkyl carbamates (subject to hydrolysis) is 1. The lowest BCUT2D eigenvalue weighted by atomic mass is 10.0. The van der Waals surface area contributed by atoms with Gasteiger partial charge < -0.3 is 15.2 Å². The molecule has 0 radical (unpaired) electrons. The summed E-state index contributed by atoms with van der Waals surface area (Å²) < 4.78 is 4.94. The molecule has 0 saturated carbocycles. The van der Waals surface area contributed by atoms with Crippen molar-refractivity contribution in [2.45, 2.75) is 46.1 Å². The smallest absolute Gasteiger partial charge is 0.407 e. The fraction of sp³-hybridized carbons (Fsp3) is 0.909. The topological polar surface area (TPSA) is 58.6 Å². The maximum absolute atomic E-state index is 11.2. The van der Waals surface area contributed by atoms with Crippen molar-refractivity contribution >= 4 is 6.09 Å². The lowest BCUT2D eigenvalue weighted by molar-refractivity contribution is 0.131. The van der Waals surface area contributed by atoms with E-state index in [1.54, 1.807) is 0 Å². The number of aliphatic hydroxyl groups excluding tert-OH is 1. The first kappa shape index (κ1) is 14.2. The lowest BCUT2D eigenvalue weighted by Crippen LogP contribution is -2.38. The van der Waals surface area contributed by atoms with Crippen LogP contribution in [0.5, 0.6) is 0 Å². The first-order chi connectivity index (χ1) is 7.10. The molecule has 0 bridgehead atoms. The van der Waals surface area contributed by atoms with E-state index in [1.165, 1.54) is 0 Å². The third-order valence-corrected chi connectivity index (χ3v) is 2.03. The summed E-state index contributed by atoms with van der Waals surface area (Å²) in [6.45, 7) is 6.54. The minimum Gasteiger partial charge on any atom is -0.450 e. The zero-order valence-corrected chi connectivity index (χ0v) is 9.95. The number of aliphatic hydroxyl groups is 1. The van der Waals surface area contributed by atoms with Crippen molar-refractivity contribution in [1.29, 1.82) is 0 Å². The van der Waals surface area contributed by atoms with Crippen LogP contribution in [-0.2, 0) is 4.74 Å². The normalized spacial score (nSPS) is 12.6. The molecule has 1 amide bonds. The van der Waals surface area contributed by atoms with E-state index in [1.807, 2.05) is 20.8 Å². The van der Waals surface area contributed by atoms with Gasteiger partial charge in [-0.1, -0.05) is 27.2 Å². The van der Waals surface area contributed by atoms with E-state index in [0.29, 0.717) is 12.5 Å². The van der Waals surface area contributed by atoms with Gasteiger partial charge in [-0.2, -0.15) is 0 Å². The Morgan fingerprint density at radius 2 is 2.13 bits per heavy atom. The molecular formula is C11H23NO3. The largest absolute Gasteiger partial charge is 0.450 e. The molecule has 0 aliphatic rings. The molecule has 0 rings (SSSR count). The fourth-order valence-electron chi connectivity index (χ4n) is 1.27. The highest BCUT2D eigenvalue weighted by atomic mass is 16.5. The Balaban J connectivity index is 3.70. The summed E-state index contributed by atoms with van der Waals surface area (Å²) >= 11 is 0. The van der Waals surface area contributed by atoms with Crippen LogP contribution in [0.3, 0.4) is 0 Å². The van der Waals surface area contributed by atoms with Crippen molar-refractivity contribution in [3.8, 4) is 0 Å². The zero-order valence-electron chi connectivity index (χ0n) is 9.95. The van der Waals surface area contributed by atoms with Gasteiger partial charge in [0.1, 0.15) is 0 Å². The summed E-state index contributed by atoms with van der Waals surface area (Å²) in [7, 11) is 0. The molecule has 2 N–H and O–H groups in total. The van der Waals surface area contributed by atoms with Crippen LogP contribution in [0.1, 0.15) is 40.0 Å². The zero-order chi connectivity index (χ0) is 11.7. The average Bonchev–Trinajstić information content (AvgIpc) is 2.16. The second-order valence-electron chi connectivity index (χ2n) is 4.14. The summed E-state index contributed by atoms with van der Waals surface area (Å²) in [5.41, 5.74) is 0. The van der Waals surface area contributed by atoms with E-state index >= 15 is 0 Å². The second kappa shape index (κ2) is 8.53. The number of hydrogen-bond donors (Lipinski definition) is 2. The van der Waals surface area contributed by atoms with Gasteiger partial charge in [0.2, 0.25) is 0 Å². The molecule has 0 fully saturated rings. The van der Waals surface area contributed by atoms with Gasteiger partial charge in [0.25, 0.3) is 0 Å². The predicted molar refractivity (Wildman–Crippen MR) is 59.7 cm³/mol. The van der Waals surface area contributed by atoms with Gasteiger partial charge in [-0.05, 0) is 18.8 Å². The molecule has 0 heterocycles. The van der Waals surface area contributed by atoms with Gasteiger partial charge in [-0.25, -0.2) is 4.79 Å². The molecule has 0 saturated heterocycles. The standard InChI is InChI=1S/C11H23NO3/c1-4-5-6-15-11(14)12-10(8-13)7-9(2)3/h9-10,13H,4-8H2,1-3H3,(H,12,14). The molecular weight excluding hydrogens is 194 g/mol. The van der Waals surface area contributed by atoms with Crippen LogP contribution in [0.2, 0.25) is 0 Å². The Labute approximate surface area is 92.0 Å². The third-order valence-electron chi connectivity index (χ3n) is 2.03. The summed E-state index contributed by atoms with van der Waals surface area (Å²) in [5, 5.41) is 11.7. The Hall–Kier alpha value is -0.770. The molecule has 1 atom stereocenters. The summed E-state index contributed by atoms with van der Waals surface area (Å²) in [6.07, 6.45) is 2.21. The van der Waals surface area contributed by atoms with E-state index < -0.39 is 6.09 Å². The molecule has 0 aromatic rings. The Morgan fingerprint density at radius 1 is 1.47 bits per heavy atom. The van der Waals surface area contributed by atoms with Crippen molar-refractivity contribution < 1.29 is 14.6 Å². The van der Waals surface area contributed by atoms with Crippen LogP contribution in [0.25, 0.3) is 0 Å². The molecule has 90 valence electrons. The molecule has 4 nitrogen and oxygen atoms in total. The predicted octanol–water partition coefficient (Wildman–Crippen LogP) is 1.92. The van der Waals surface area contributed by atoms with Gasteiger partial charge in [-0.15, -0.1) is 0 Å². The van der Waals surface area contributed by atoms with Crippen LogP contribution in [0.4, 0.5) is 4.79 Å². The molecule has 0 aliphatic carbocycles. The van der Waals surface area contributed by atoms with Crippen molar-refractivity contribution in [1.82, 2.24) is 5.32 Å². The van der Waals surface area contributed by atoms with Gasteiger partial charge in [0, 0.05) is 0 Å². The van der Waals surface area contributed by atoms with Gasteiger partial charge >= 0.3 is 6.09 Å². The highest BCUT2D eigenvalue weighted by molar-refractivity contribution is 5.67. The van der Waals surface area contributed by atoms with Crippen LogP contribution in [0.15, 0.2) is 0 Å². The Morgan fingerprint density at radius 3 is 2.60 bits per heavy atom. The van der Waals surface area contributed by atoms with Crippen molar-refractivity contribution in [3.05, 3.63) is 0 Å². The summed E-state index contributed by atoms with van der Waals surface area (Å²) in [6, 6.07) is -0.195. The highest BCUT2D eigenvalue weighted by Gasteiger charge is 2.13. The minimum absolute atomic E-state index is 0.0406. The number of hydrogen-bond acceptors (Lipinski definition) is 3. The average molecular weight is 217 g/mol. The Kier molecular flexibility index (Phi) is 8.09. The van der Waals surface area contributed by atoms with Crippen LogP contribution in [0, 0.1) is 5.92 Å². The van der Waals surface area contributed by atoms with Gasteiger partial charge in [0.15, 0.2) is 0 Å². The first-order valence-electron chi connectivity index (χ1n) is 5.64. The number of unbranched alkanes of at least 4 members (excludes halogenated alkanes) is 1. The highest BCUT2D eigenvalue weighted by Crippen LogP contribution is 2.04. The molecule has 0 spiro atoms. The number of rotatable bonds is 7. The van der Waals surface area contributed by atoms with Crippen molar-refractivity contribution in [2.24, 2.45) is 5.92 Å². The number of carbonyl (C=O) groups excluding carboxylic acids is 1. The van der Waals surface area contributed by atoms with Crippen LogP contribution in [-0.4, -0.2) is 30.5 Å². The number of amides is 1. The van der Waals surface area contributed by atoms with Crippen molar-refractivity contribution in [3.63, 3.8) is 0 Å². The number of nitrogens with one attached hydrogen (secondary N) is 1. The van der Waals surface area contributed by atoms with Gasteiger partial charge in [-0.3, -0.25) is 0 Å².